The summed E-state index contributed by atoms with van der Waals surface area (Å²) in [5.41, 5.74) is 6.65. The highest BCUT2D eigenvalue weighted by molar-refractivity contribution is 5.85. The van der Waals surface area contributed by atoms with E-state index in [0.717, 1.165) is 37.7 Å². The van der Waals surface area contributed by atoms with Gasteiger partial charge in [0.05, 0.1) is 12.2 Å². The minimum atomic E-state index is -0.0916. The summed E-state index contributed by atoms with van der Waals surface area (Å²) in [7, 11) is 0. The fourth-order valence-electron chi connectivity index (χ4n) is 2.83. The molecule has 2 heterocycles. The standard InChI is InChI=1S/C16H23N7O.2ClH/c1-13(17)11-16(24)22-9-7-21(8-10-22)12-15-18-19-20-23(15)14-5-3-2-4-6-14;;/h2-6,13H,7-12,17H2,1H3;2*1H. The molecule has 0 saturated carbocycles. The molecule has 1 amide bonds. The molecular weight excluding hydrogens is 377 g/mol. The van der Waals surface area contributed by atoms with E-state index in [1.54, 1.807) is 4.68 Å². The van der Waals surface area contributed by atoms with Crippen LogP contribution in [-0.2, 0) is 11.3 Å². The van der Waals surface area contributed by atoms with E-state index in [9.17, 15) is 4.79 Å². The molecular formula is C16H25Cl2N7O. The minimum absolute atomic E-state index is 0. The summed E-state index contributed by atoms with van der Waals surface area (Å²) in [5.74, 6) is 0.940. The van der Waals surface area contributed by atoms with Gasteiger partial charge in [-0.25, -0.2) is 0 Å². The zero-order valence-corrected chi connectivity index (χ0v) is 16.3. The van der Waals surface area contributed by atoms with Gasteiger partial charge in [-0.15, -0.1) is 29.9 Å². The van der Waals surface area contributed by atoms with Gasteiger partial charge in [-0.1, -0.05) is 18.2 Å². The molecule has 3 rings (SSSR count). The van der Waals surface area contributed by atoms with Crippen molar-refractivity contribution >= 4 is 30.7 Å². The molecule has 1 aromatic heterocycles. The van der Waals surface area contributed by atoms with Crippen LogP contribution in [0.5, 0.6) is 0 Å². The lowest BCUT2D eigenvalue weighted by Crippen LogP contribution is -2.49. The van der Waals surface area contributed by atoms with Crippen molar-refractivity contribution in [3.63, 3.8) is 0 Å². The fourth-order valence-corrected chi connectivity index (χ4v) is 2.83. The Bertz CT molecular complexity index is 672. The Morgan fingerprint density at radius 1 is 1.15 bits per heavy atom. The number of nitrogens with zero attached hydrogens (tertiary/aromatic N) is 6. The first-order chi connectivity index (χ1) is 11.6. The van der Waals surface area contributed by atoms with Crippen LogP contribution in [0.4, 0.5) is 0 Å². The van der Waals surface area contributed by atoms with Crippen molar-refractivity contribution in [2.24, 2.45) is 5.73 Å². The van der Waals surface area contributed by atoms with Crippen LogP contribution in [0.15, 0.2) is 30.3 Å². The maximum Gasteiger partial charge on any atom is 0.224 e. The highest BCUT2D eigenvalue weighted by Crippen LogP contribution is 2.11. The molecule has 1 saturated heterocycles. The van der Waals surface area contributed by atoms with E-state index in [1.807, 2.05) is 42.2 Å². The molecule has 8 nitrogen and oxygen atoms in total. The molecule has 1 aliphatic rings. The SMILES string of the molecule is CC(N)CC(=O)N1CCN(Cc2nnnn2-c2ccccc2)CC1.Cl.Cl. The molecule has 1 atom stereocenters. The van der Waals surface area contributed by atoms with Crippen LogP contribution in [0.1, 0.15) is 19.2 Å². The summed E-state index contributed by atoms with van der Waals surface area (Å²) in [6.45, 7) is 5.59. The Hall–Kier alpha value is -1.74. The monoisotopic (exact) mass is 401 g/mol. The molecule has 26 heavy (non-hydrogen) atoms. The van der Waals surface area contributed by atoms with Crippen molar-refractivity contribution in [3.05, 3.63) is 36.2 Å². The number of tetrazole rings is 1. The lowest BCUT2D eigenvalue weighted by molar-refractivity contribution is -0.133. The largest absolute Gasteiger partial charge is 0.340 e. The Morgan fingerprint density at radius 2 is 1.81 bits per heavy atom. The molecule has 1 unspecified atom stereocenters. The molecule has 0 spiro atoms. The lowest BCUT2D eigenvalue weighted by Gasteiger charge is -2.34. The third-order valence-corrected chi connectivity index (χ3v) is 4.12. The second-order valence-electron chi connectivity index (χ2n) is 6.18. The normalized spacial score (nSPS) is 15.7. The van der Waals surface area contributed by atoms with Crippen LogP contribution in [-0.4, -0.2) is 68.1 Å². The van der Waals surface area contributed by atoms with E-state index in [0.29, 0.717) is 13.0 Å². The second-order valence-corrected chi connectivity index (χ2v) is 6.18. The van der Waals surface area contributed by atoms with Crippen molar-refractivity contribution in [2.75, 3.05) is 26.2 Å². The van der Waals surface area contributed by atoms with Crippen LogP contribution in [0, 0.1) is 0 Å². The maximum absolute atomic E-state index is 12.1. The fraction of sp³-hybridized carbons (Fsp3) is 0.500. The van der Waals surface area contributed by atoms with Gasteiger partial charge in [0.2, 0.25) is 5.91 Å². The van der Waals surface area contributed by atoms with Crippen LogP contribution in [0.3, 0.4) is 0 Å². The third kappa shape index (κ3) is 5.63. The zero-order chi connectivity index (χ0) is 16.9. The number of carbonyl (C=O) groups is 1. The number of rotatable bonds is 5. The van der Waals surface area contributed by atoms with Crippen molar-refractivity contribution < 1.29 is 4.79 Å². The molecule has 0 aliphatic carbocycles. The number of para-hydroxylation sites is 1. The molecule has 1 fully saturated rings. The van der Waals surface area contributed by atoms with E-state index in [1.165, 1.54) is 0 Å². The van der Waals surface area contributed by atoms with Crippen molar-refractivity contribution in [1.82, 2.24) is 30.0 Å². The molecule has 144 valence electrons. The highest BCUT2D eigenvalue weighted by atomic mass is 35.5. The Kier molecular flexibility index (Phi) is 8.94. The van der Waals surface area contributed by atoms with Crippen molar-refractivity contribution in [2.45, 2.75) is 25.9 Å². The molecule has 2 aromatic rings. The second kappa shape index (κ2) is 10.4. The number of hydrogen-bond donors (Lipinski definition) is 1. The first-order valence-corrected chi connectivity index (χ1v) is 8.22. The summed E-state index contributed by atoms with van der Waals surface area (Å²) < 4.78 is 1.76. The third-order valence-electron chi connectivity index (χ3n) is 4.12. The zero-order valence-electron chi connectivity index (χ0n) is 14.7. The van der Waals surface area contributed by atoms with Gasteiger partial charge in [-0.3, -0.25) is 9.69 Å². The average Bonchev–Trinajstić information content (AvgIpc) is 3.04. The van der Waals surface area contributed by atoms with E-state index in [-0.39, 0.29) is 36.8 Å². The maximum atomic E-state index is 12.1. The van der Waals surface area contributed by atoms with Crippen molar-refractivity contribution in [1.29, 1.82) is 0 Å². The van der Waals surface area contributed by atoms with Gasteiger partial charge in [0.1, 0.15) is 0 Å². The summed E-state index contributed by atoms with van der Waals surface area (Å²) in [5, 5.41) is 12.0. The summed E-state index contributed by atoms with van der Waals surface area (Å²) in [6, 6.07) is 9.75. The first-order valence-electron chi connectivity index (χ1n) is 8.22. The molecule has 2 N–H and O–H groups in total. The predicted octanol–water partition coefficient (Wildman–Crippen LogP) is 0.887. The molecule has 10 heteroatoms. The van der Waals surface area contributed by atoms with Crippen LogP contribution < -0.4 is 5.73 Å². The smallest absolute Gasteiger partial charge is 0.224 e. The van der Waals surface area contributed by atoms with Gasteiger partial charge in [-0.05, 0) is 29.5 Å². The highest BCUT2D eigenvalue weighted by Gasteiger charge is 2.23. The Morgan fingerprint density at radius 3 is 2.42 bits per heavy atom. The molecule has 1 aliphatic heterocycles. The van der Waals surface area contributed by atoms with Gasteiger partial charge < -0.3 is 10.6 Å². The summed E-state index contributed by atoms with van der Waals surface area (Å²) in [6.07, 6.45) is 0.409. The van der Waals surface area contributed by atoms with Gasteiger partial charge >= 0.3 is 0 Å². The molecule has 1 aromatic carbocycles. The summed E-state index contributed by atoms with van der Waals surface area (Å²) >= 11 is 0. The van der Waals surface area contributed by atoms with Crippen LogP contribution in [0.2, 0.25) is 0 Å². The number of benzene rings is 1. The topological polar surface area (TPSA) is 93.2 Å². The Balaban J connectivity index is 0.00000169. The number of hydrogen-bond acceptors (Lipinski definition) is 6. The van der Waals surface area contributed by atoms with E-state index in [2.05, 4.69) is 20.4 Å². The van der Waals surface area contributed by atoms with Gasteiger partial charge in [0.25, 0.3) is 0 Å². The first kappa shape index (κ1) is 22.3. The van der Waals surface area contributed by atoms with Gasteiger partial charge in [-0.2, -0.15) is 4.68 Å². The quantitative estimate of drug-likeness (QED) is 0.799. The number of amides is 1. The Labute approximate surface area is 165 Å². The summed E-state index contributed by atoms with van der Waals surface area (Å²) in [4.78, 5) is 16.2. The van der Waals surface area contributed by atoms with E-state index < -0.39 is 0 Å². The van der Waals surface area contributed by atoms with Crippen molar-refractivity contribution in [3.8, 4) is 5.69 Å². The average molecular weight is 402 g/mol. The number of piperazine rings is 1. The van der Waals surface area contributed by atoms with Crippen LogP contribution >= 0.6 is 24.8 Å². The minimum Gasteiger partial charge on any atom is -0.340 e. The number of nitrogens with two attached hydrogens (primary N) is 1. The number of halogens is 2. The molecule has 0 bridgehead atoms. The van der Waals surface area contributed by atoms with Crippen LogP contribution in [0.25, 0.3) is 5.69 Å². The molecule has 0 radical (unpaired) electrons. The predicted molar refractivity (Wildman–Crippen MR) is 104 cm³/mol. The number of carbonyl (C=O) groups excluding carboxylic acids is 1. The number of aromatic nitrogens is 4. The van der Waals surface area contributed by atoms with E-state index >= 15 is 0 Å². The van der Waals surface area contributed by atoms with Gasteiger partial charge in [0.15, 0.2) is 5.82 Å². The lowest BCUT2D eigenvalue weighted by atomic mass is 10.2. The van der Waals surface area contributed by atoms with E-state index in [4.69, 9.17) is 5.73 Å². The van der Waals surface area contributed by atoms with Gasteiger partial charge in [0, 0.05) is 38.6 Å².